The van der Waals surface area contributed by atoms with Crippen LogP contribution in [0.25, 0.3) is 0 Å². The van der Waals surface area contributed by atoms with Gasteiger partial charge in [0.15, 0.2) is 17.4 Å². The lowest BCUT2D eigenvalue weighted by Crippen LogP contribution is -2.41. The first-order valence-corrected chi connectivity index (χ1v) is 15.4. The van der Waals surface area contributed by atoms with Crippen LogP contribution in [0.2, 0.25) is 0 Å². The van der Waals surface area contributed by atoms with Gasteiger partial charge in [0, 0.05) is 38.9 Å². The number of anilines is 2. The third-order valence-corrected chi connectivity index (χ3v) is 10.2. The molecule has 1 unspecified atom stereocenters. The highest BCUT2D eigenvalue weighted by Gasteiger charge is 2.44. The maximum atomic E-state index is 10.2. The second-order valence-corrected chi connectivity index (χ2v) is 13.4. The maximum Gasteiger partial charge on any atom is 0.175 e. The molecule has 0 aromatic carbocycles. The molecule has 4 atom stereocenters. The molecule has 4 saturated heterocycles. The van der Waals surface area contributed by atoms with Crippen LogP contribution in [-0.4, -0.2) is 90.0 Å². The summed E-state index contributed by atoms with van der Waals surface area (Å²) in [5.41, 5.74) is 0.704. The first kappa shape index (κ1) is 26.7. The molecule has 5 aliphatic heterocycles. The zero-order chi connectivity index (χ0) is 27.3. The van der Waals surface area contributed by atoms with Crippen molar-refractivity contribution in [3.05, 3.63) is 24.2 Å². The summed E-state index contributed by atoms with van der Waals surface area (Å²) >= 11 is 1.50. The van der Waals surface area contributed by atoms with E-state index in [1.807, 2.05) is 18.5 Å². The molecule has 2 aromatic heterocycles. The Bertz CT molecular complexity index is 1240. The van der Waals surface area contributed by atoms with Crippen molar-refractivity contribution >= 4 is 23.4 Å². The highest BCUT2D eigenvalue weighted by molar-refractivity contribution is 7.99. The Balaban J connectivity index is 1.05. The lowest BCUT2D eigenvalue weighted by molar-refractivity contribution is -0.0762. The second kappa shape index (κ2) is 10.6. The van der Waals surface area contributed by atoms with Crippen molar-refractivity contribution in [1.29, 1.82) is 0 Å². The lowest BCUT2D eigenvalue weighted by atomic mass is 9.77. The highest BCUT2D eigenvalue weighted by Crippen LogP contribution is 2.46. The standard InChI is InChI=1S/C29H39N5O5S/c1-19-12-29(18-38-19)4-8-33(9-5-29)26-22(15-35)32-24(13-31-26)40-23-3-7-30-27-25(23)37-16-20-11-21(14-34(20)27)39-28(2)6-10-36-17-28/h3,7,13,19-21,35H,4-6,8-12,14-18H2,1-2H3/t19-,20-,21-,28?/m0/s1. The Morgan fingerprint density at radius 3 is 2.80 bits per heavy atom. The maximum absolute atomic E-state index is 10.2. The summed E-state index contributed by atoms with van der Waals surface area (Å²) in [5.74, 6) is 2.43. The van der Waals surface area contributed by atoms with Crippen LogP contribution < -0.4 is 14.5 Å². The topological polar surface area (TPSA) is 102 Å². The van der Waals surface area contributed by atoms with E-state index in [0.29, 0.717) is 30.4 Å². The molecule has 0 amide bonds. The van der Waals surface area contributed by atoms with Crippen LogP contribution in [0.15, 0.2) is 28.4 Å². The number of nitrogens with zero attached hydrogens (tertiary/aromatic N) is 5. The SMILES string of the molecule is C[C@H]1CC2(CCN(c3ncc(Sc4ccnc5c4OC[C@@H]4C[C@H](OC6(C)CCOC6)CN54)nc3CO)CC2)CO1. The fourth-order valence-electron chi connectivity index (χ4n) is 7.06. The molecule has 0 bridgehead atoms. The number of hydrogen-bond acceptors (Lipinski definition) is 11. The number of ether oxygens (including phenoxy) is 4. The molecule has 7 heterocycles. The summed E-state index contributed by atoms with van der Waals surface area (Å²) in [6.07, 6.45) is 9.27. The lowest BCUT2D eigenvalue weighted by Gasteiger charge is -2.39. The molecule has 10 nitrogen and oxygen atoms in total. The Hall–Kier alpha value is -2.18. The molecule has 7 rings (SSSR count). The largest absolute Gasteiger partial charge is 0.486 e. The first-order valence-electron chi connectivity index (χ1n) is 14.6. The van der Waals surface area contributed by atoms with E-state index in [9.17, 15) is 5.11 Å². The Morgan fingerprint density at radius 2 is 2.05 bits per heavy atom. The fraction of sp³-hybridized carbons (Fsp3) is 0.690. The van der Waals surface area contributed by atoms with Gasteiger partial charge < -0.3 is 33.9 Å². The molecule has 4 fully saturated rings. The first-order chi connectivity index (χ1) is 19.4. The number of fused-ring (bicyclic) bond motifs is 3. The van der Waals surface area contributed by atoms with Gasteiger partial charge in [0.1, 0.15) is 17.3 Å². The molecule has 0 radical (unpaired) electrons. The number of piperidine rings is 1. The Morgan fingerprint density at radius 1 is 1.18 bits per heavy atom. The van der Waals surface area contributed by atoms with Crippen molar-refractivity contribution in [3.63, 3.8) is 0 Å². The van der Waals surface area contributed by atoms with E-state index in [1.165, 1.54) is 11.8 Å². The summed E-state index contributed by atoms with van der Waals surface area (Å²) in [6.45, 7) is 9.65. The average Bonchev–Trinajstić information content (AvgIpc) is 3.67. The quantitative estimate of drug-likeness (QED) is 0.553. The van der Waals surface area contributed by atoms with Crippen LogP contribution in [0.5, 0.6) is 5.75 Å². The smallest absolute Gasteiger partial charge is 0.175 e. The zero-order valence-corrected chi connectivity index (χ0v) is 24.2. The van der Waals surface area contributed by atoms with Gasteiger partial charge in [-0.15, -0.1) is 0 Å². The summed E-state index contributed by atoms with van der Waals surface area (Å²) < 4.78 is 24.3. The monoisotopic (exact) mass is 569 g/mol. The van der Waals surface area contributed by atoms with Gasteiger partial charge in [-0.1, -0.05) is 11.8 Å². The van der Waals surface area contributed by atoms with Gasteiger partial charge in [0.05, 0.1) is 54.8 Å². The normalized spacial score (nSPS) is 30.9. The van der Waals surface area contributed by atoms with Gasteiger partial charge in [0.2, 0.25) is 0 Å². The molecule has 2 aromatic rings. The van der Waals surface area contributed by atoms with Gasteiger partial charge in [-0.05, 0) is 51.0 Å². The predicted octanol–water partition coefficient (Wildman–Crippen LogP) is 3.45. The summed E-state index contributed by atoms with van der Waals surface area (Å²) in [4.78, 5) is 19.9. The summed E-state index contributed by atoms with van der Waals surface area (Å²) in [6, 6.07) is 2.22. The average molecular weight is 570 g/mol. The number of hydrogen-bond donors (Lipinski definition) is 1. The van der Waals surface area contributed by atoms with Gasteiger partial charge in [0.25, 0.3) is 0 Å². The van der Waals surface area contributed by atoms with Crippen molar-refractivity contribution in [2.75, 3.05) is 55.9 Å². The van der Waals surface area contributed by atoms with Gasteiger partial charge >= 0.3 is 0 Å². The number of aliphatic hydroxyl groups is 1. The Kier molecular flexibility index (Phi) is 7.06. The minimum Gasteiger partial charge on any atom is -0.486 e. The van der Waals surface area contributed by atoms with Gasteiger partial charge in [-0.3, -0.25) is 0 Å². The third kappa shape index (κ3) is 5.04. The van der Waals surface area contributed by atoms with Crippen LogP contribution in [0.3, 0.4) is 0 Å². The third-order valence-electron chi connectivity index (χ3n) is 9.23. The van der Waals surface area contributed by atoms with E-state index < -0.39 is 0 Å². The van der Waals surface area contributed by atoms with E-state index in [0.717, 1.165) is 92.3 Å². The Labute approximate surface area is 239 Å². The molecule has 1 N–H and O–H groups in total. The van der Waals surface area contributed by atoms with Crippen LogP contribution in [0.4, 0.5) is 11.6 Å². The molecule has 1 spiro atoms. The number of aromatic nitrogens is 3. The van der Waals surface area contributed by atoms with Crippen molar-refractivity contribution in [2.24, 2.45) is 5.41 Å². The second-order valence-electron chi connectivity index (χ2n) is 12.4. The zero-order valence-electron chi connectivity index (χ0n) is 23.4. The van der Waals surface area contributed by atoms with Crippen LogP contribution in [0.1, 0.15) is 51.6 Å². The van der Waals surface area contributed by atoms with Gasteiger partial charge in [-0.2, -0.15) is 0 Å². The fourth-order valence-corrected chi connectivity index (χ4v) is 7.92. The number of rotatable bonds is 6. The van der Waals surface area contributed by atoms with E-state index in [1.54, 1.807) is 0 Å². The predicted molar refractivity (Wildman–Crippen MR) is 150 cm³/mol. The molecule has 0 aliphatic carbocycles. The minimum absolute atomic E-state index is 0.129. The van der Waals surface area contributed by atoms with Crippen LogP contribution in [0, 0.1) is 5.41 Å². The van der Waals surface area contributed by atoms with Crippen molar-refractivity contribution < 1.29 is 24.1 Å². The van der Waals surface area contributed by atoms with Gasteiger partial charge in [-0.25, -0.2) is 15.0 Å². The van der Waals surface area contributed by atoms with E-state index in [4.69, 9.17) is 33.9 Å². The molecule has 11 heteroatoms. The van der Waals surface area contributed by atoms with Crippen molar-refractivity contribution in [2.45, 2.75) is 86.3 Å². The van der Waals surface area contributed by atoms with Crippen molar-refractivity contribution in [3.8, 4) is 5.75 Å². The molecular weight excluding hydrogens is 530 g/mol. The van der Waals surface area contributed by atoms with Crippen LogP contribution >= 0.6 is 11.8 Å². The van der Waals surface area contributed by atoms with Crippen LogP contribution in [-0.2, 0) is 20.8 Å². The summed E-state index contributed by atoms with van der Waals surface area (Å²) in [7, 11) is 0. The highest BCUT2D eigenvalue weighted by atomic mass is 32.2. The number of aliphatic hydroxyl groups excluding tert-OH is 1. The minimum atomic E-state index is -0.206. The van der Waals surface area contributed by atoms with E-state index in [2.05, 4.69) is 23.6 Å². The molecule has 216 valence electrons. The molecular formula is C29H39N5O5S. The molecule has 0 saturated carbocycles. The molecule has 5 aliphatic rings. The molecule has 40 heavy (non-hydrogen) atoms. The van der Waals surface area contributed by atoms with E-state index >= 15 is 0 Å². The summed E-state index contributed by atoms with van der Waals surface area (Å²) in [5, 5.41) is 10.9. The van der Waals surface area contributed by atoms with Crippen molar-refractivity contribution in [1.82, 2.24) is 15.0 Å². The van der Waals surface area contributed by atoms with E-state index in [-0.39, 0.29) is 24.4 Å². The number of pyridine rings is 1.